The van der Waals surface area contributed by atoms with Crippen molar-refractivity contribution in [3.63, 3.8) is 0 Å². The molecule has 0 fully saturated rings. The van der Waals surface area contributed by atoms with Crippen LogP contribution in [-0.2, 0) is 12.8 Å². The molecule has 0 atom stereocenters. The molecule has 0 bridgehead atoms. The van der Waals surface area contributed by atoms with Crippen LogP contribution in [0.4, 0.5) is 5.82 Å². The molecule has 0 saturated carbocycles. The van der Waals surface area contributed by atoms with Crippen molar-refractivity contribution in [3.05, 3.63) is 71.4 Å². The molecule has 4 rings (SSSR count). The first kappa shape index (κ1) is 15.4. The highest BCUT2D eigenvalue weighted by Gasteiger charge is 2.09. The lowest BCUT2D eigenvalue weighted by Gasteiger charge is -2.09. The Hall–Kier alpha value is -3.14. The fraction of sp³-hybridized carbons (Fsp3) is 0.143. The van der Waals surface area contributed by atoms with Crippen LogP contribution in [0.25, 0.3) is 21.8 Å². The number of benzene rings is 2. The number of aryl methyl sites for hydroxylation is 3. The van der Waals surface area contributed by atoms with Crippen LogP contribution in [0.2, 0.25) is 0 Å². The summed E-state index contributed by atoms with van der Waals surface area (Å²) in [5.74, 6) is 0.797. The number of nitrogen functional groups attached to an aromatic ring is 1. The quantitative estimate of drug-likeness (QED) is 0.554. The van der Waals surface area contributed by atoms with Gasteiger partial charge in [0.1, 0.15) is 11.3 Å². The Kier molecular flexibility index (Phi) is 3.73. The van der Waals surface area contributed by atoms with E-state index < -0.39 is 0 Å². The minimum atomic E-state index is 0.339. The third-order valence-corrected chi connectivity index (χ3v) is 4.55. The van der Waals surface area contributed by atoms with Gasteiger partial charge in [-0.15, -0.1) is 0 Å². The first-order chi connectivity index (χ1) is 12.1. The molecular weight excluding hydrogens is 310 g/mol. The molecule has 0 saturated heterocycles. The third kappa shape index (κ3) is 2.87. The number of hydrogen-bond donors (Lipinski definition) is 2. The number of nitrogens with two attached hydrogens (primary N) is 1. The number of aromatic nitrogens is 2. The molecule has 0 radical (unpaired) electrons. The van der Waals surface area contributed by atoms with E-state index in [0.29, 0.717) is 11.6 Å². The van der Waals surface area contributed by atoms with Gasteiger partial charge in [-0.3, -0.25) is 4.98 Å². The summed E-state index contributed by atoms with van der Waals surface area (Å²) in [5.41, 5.74) is 10.9. The Morgan fingerprint density at radius 3 is 2.68 bits per heavy atom. The Balaban J connectivity index is 1.76. The van der Waals surface area contributed by atoms with Crippen molar-refractivity contribution >= 4 is 27.6 Å². The summed E-state index contributed by atoms with van der Waals surface area (Å²) in [6.07, 6.45) is 3.41. The lowest BCUT2D eigenvalue weighted by Crippen LogP contribution is -1.98. The lowest BCUT2D eigenvalue weighted by atomic mass is 10.0. The van der Waals surface area contributed by atoms with Crippen molar-refractivity contribution in [1.29, 1.82) is 0 Å². The molecule has 2 heterocycles. The molecular formula is C21H19N3O. The van der Waals surface area contributed by atoms with Crippen molar-refractivity contribution in [2.75, 3.05) is 5.73 Å². The summed E-state index contributed by atoms with van der Waals surface area (Å²) in [5, 5.41) is 12.0. The third-order valence-electron chi connectivity index (χ3n) is 4.55. The molecule has 0 amide bonds. The molecule has 0 aliphatic heterocycles. The van der Waals surface area contributed by atoms with E-state index in [1.54, 1.807) is 6.07 Å². The smallest absolute Gasteiger partial charge is 0.150 e. The van der Waals surface area contributed by atoms with E-state index in [1.807, 2.05) is 37.4 Å². The van der Waals surface area contributed by atoms with Gasteiger partial charge in [0.05, 0.1) is 5.52 Å². The van der Waals surface area contributed by atoms with Crippen LogP contribution in [0.1, 0.15) is 16.7 Å². The average molecular weight is 329 g/mol. The molecule has 2 aromatic heterocycles. The fourth-order valence-corrected chi connectivity index (χ4v) is 3.20. The highest BCUT2D eigenvalue weighted by Crippen LogP contribution is 2.28. The van der Waals surface area contributed by atoms with Crippen LogP contribution in [0.3, 0.4) is 0 Å². The zero-order valence-corrected chi connectivity index (χ0v) is 14.0. The van der Waals surface area contributed by atoms with E-state index in [4.69, 9.17) is 5.73 Å². The SMILES string of the molecule is Cc1ccc2c(c1)nc(N)c1ncc(CCc3ccccc3O)cc12. The van der Waals surface area contributed by atoms with Gasteiger partial charge in [0.2, 0.25) is 0 Å². The molecule has 0 unspecified atom stereocenters. The van der Waals surface area contributed by atoms with E-state index >= 15 is 0 Å². The number of hydrogen-bond acceptors (Lipinski definition) is 4. The number of para-hydroxylation sites is 1. The Morgan fingerprint density at radius 2 is 1.84 bits per heavy atom. The molecule has 0 aliphatic rings. The van der Waals surface area contributed by atoms with Crippen molar-refractivity contribution in [3.8, 4) is 5.75 Å². The summed E-state index contributed by atoms with van der Waals surface area (Å²) in [6.45, 7) is 2.04. The number of pyridine rings is 2. The molecule has 0 spiro atoms. The molecule has 4 aromatic rings. The van der Waals surface area contributed by atoms with Gasteiger partial charge < -0.3 is 10.8 Å². The Labute approximate surface area is 146 Å². The van der Waals surface area contributed by atoms with Gasteiger partial charge >= 0.3 is 0 Å². The second-order valence-corrected chi connectivity index (χ2v) is 6.39. The molecule has 2 aromatic carbocycles. The first-order valence-electron chi connectivity index (χ1n) is 8.33. The van der Waals surface area contributed by atoms with E-state index in [9.17, 15) is 5.11 Å². The van der Waals surface area contributed by atoms with Gasteiger partial charge in [-0.1, -0.05) is 30.3 Å². The zero-order valence-electron chi connectivity index (χ0n) is 14.0. The zero-order chi connectivity index (χ0) is 17.4. The van der Waals surface area contributed by atoms with Crippen LogP contribution >= 0.6 is 0 Å². The molecule has 4 nitrogen and oxygen atoms in total. The van der Waals surface area contributed by atoms with Crippen LogP contribution < -0.4 is 5.73 Å². The predicted octanol–water partition coefficient (Wildman–Crippen LogP) is 4.16. The molecule has 0 aliphatic carbocycles. The van der Waals surface area contributed by atoms with E-state index in [-0.39, 0.29) is 0 Å². The normalized spacial score (nSPS) is 11.2. The van der Waals surface area contributed by atoms with Crippen molar-refractivity contribution in [2.45, 2.75) is 19.8 Å². The topological polar surface area (TPSA) is 72.0 Å². The molecule has 3 N–H and O–H groups in total. The summed E-state index contributed by atoms with van der Waals surface area (Å²) < 4.78 is 0. The van der Waals surface area contributed by atoms with E-state index in [1.165, 1.54) is 0 Å². The van der Waals surface area contributed by atoms with Crippen LogP contribution in [0.15, 0.2) is 54.7 Å². The number of nitrogens with zero attached hydrogens (tertiary/aromatic N) is 2. The standard InChI is InChI=1S/C21H19N3O/c1-13-6-9-16-17-11-14(7-8-15-4-2-3-5-19(15)25)12-23-20(17)21(22)24-18(16)10-13/h2-6,9-12,25H,7-8H2,1H3,(H2,22,24). The first-order valence-corrected chi connectivity index (χ1v) is 8.33. The maximum Gasteiger partial charge on any atom is 0.150 e. The highest BCUT2D eigenvalue weighted by molar-refractivity contribution is 6.08. The van der Waals surface area contributed by atoms with Gasteiger partial charge in [0.25, 0.3) is 0 Å². The fourth-order valence-electron chi connectivity index (χ4n) is 3.20. The van der Waals surface area contributed by atoms with Crippen LogP contribution in [0.5, 0.6) is 5.75 Å². The molecule has 4 heteroatoms. The number of anilines is 1. The number of rotatable bonds is 3. The Morgan fingerprint density at radius 1 is 1.00 bits per heavy atom. The number of phenols is 1. The van der Waals surface area contributed by atoms with Gasteiger partial charge in [0, 0.05) is 17.0 Å². The molecule has 124 valence electrons. The lowest BCUT2D eigenvalue weighted by molar-refractivity contribution is 0.468. The minimum Gasteiger partial charge on any atom is -0.508 e. The second kappa shape index (κ2) is 6.06. The van der Waals surface area contributed by atoms with Crippen molar-refractivity contribution < 1.29 is 5.11 Å². The summed E-state index contributed by atoms with van der Waals surface area (Å²) >= 11 is 0. The van der Waals surface area contributed by atoms with Gasteiger partial charge in [0.15, 0.2) is 5.82 Å². The van der Waals surface area contributed by atoms with Crippen LogP contribution in [-0.4, -0.2) is 15.1 Å². The van der Waals surface area contributed by atoms with E-state index in [0.717, 1.165) is 51.3 Å². The van der Waals surface area contributed by atoms with Gasteiger partial charge in [-0.05, 0) is 54.7 Å². The van der Waals surface area contributed by atoms with Gasteiger partial charge in [-0.25, -0.2) is 4.98 Å². The minimum absolute atomic E-state index is 0.339. The number of fused-ring (bicyclic) bond motifs is 3. The molecule has 25 heavy (non-hydrogen) atoms. The maximum absolute atomic E-state index is 9.92. The summed E-state index contributed by atoms with van der Waals surface area (Å²) in [4.78, 5) is 9.02. The van der Waals surface area contributed by atoms with E-state index in [2.05, 4.69) is 28.2 Å². The maximum atomic E-state index is 9.92. The average Bonchev–Trinajstić information content (AvgIpc) is 2.61. The van der Waals surface area contributed by atoms with Crippen molar-refractivity contribution in [1.82, 2.24) is 9.97 Å². The predicted molar refractivity (Wildman–Crippen MR) is 102 cm³/mol. The number of aromatic hydroxyl groups is 1. The second-order valence-electron chi connectivity index (χ2n) is 6.39. The monoisotopic (exact) mass is 329 g/mol. The summed E-state index contributed by atoms with van der Waals surface area (Å²) in [7, 11) is 0. The highest BCUT2D eigenvalue weighted by atomic mass is 16.3. The van der Waals surface area contributed by atoms with Crippen LogP contribution in [0, 0.1) is 6.92 Å². The van der Waals surface area contributed by atoms with Crippen molar-refractivity contribution in [2.24, 2.45) is 0 Å². The number of phenolic OH excluding ortho intramolecular Hbond substituents is 1. The summed E-state index contributed by atoms with van der Waals surface area (Å²) in [6, 6.07) is 15.8. The Bertz CT molecular complexity index is 1090. The van der Waals surface area contributed by atoms with Gasteiger partial charge in [-0.2, -0.15) is 0 Å². The largest absolute Gasteiger partial charge is 0.508 e.